The zero-order valence-electron chi connectivity index (χ0n) is 14.5. The largest absolute Gasteiger partial charge is 0.512 e. The standard InChI is InChI=1S/C20H20O6/c1-19-8-14(11-5-6-24-9-11)26-18(23)16(19)13(21)7-20-10-25-17(22)12(20)3-2-4-15(19)20/h3,5-6,9,14-15,21H,2,4,7-8,10H2,1H3/t14-,15+,19+,20+/m0/s1. The topological polar surface area (TPSA) is 86.0 Å². The molecule has 2 aliphatic heterocycles. The number of aliphatic hydroxyl groups is 1. The van der Waals surface area contributed by atoms with Gasteiger partial charge >= 0.3 is 11.9 Å². The van der Waals surface area contributed by atoms with Crippen LogP contribution in [-0.4, -0.2) is 23.7 Å². The molecule has 0 unspecified atom stereocenters. The lowest BCUT2D eigenvalue weighted by molar-refractivity contribution is -0.159. The minimum absolute atomic E-state index is 0.0329. The monoisotopic (exact) mass is 356 g/mol. The van der Waals surface area contributed by atoms with Crippen molar-refractivity contribution in [3.8, 4) is 0 Å². The molecule has 1 aromatic rings. The Morgan fingerprint density at radius 3 is 2.88 bits per heavy atom. The van der Waals surface area contributed by atoms with Crippen molar-refractivity contribution < 1.29 is 28.6 Å². The molecule has 1 aromatic heterocycles. The molecule has 6 heteroatoms. The molecular weight excluding hydrogens is 336 g/mol. The highest BCUT2D eigenvalue weighted by atomic mass is 16.5. The molecule has 26 heavy (non-hydrogen) atoms. The van der Waals surface area contributed by atoms with Gasteiger partial charge in [0.15, 0.2) is 0 Å². The number of aliphatic hydroxyl groups excluding tert-OH is 1. The van der Waals surface area contributed by atoms with Gasteiger partial charge in [-0.25, -0.2) is 9.59 Å². The lowest BCUT2D eigenvalue weighted by Gasteiger charge is -2.55. The molecule has 0 aromatic carbocycles. The predicted molar refractivity (Wildman–Crippen MR) is 88.7 cm³/mol. The molecule has 3 heterocycles. The number of fused-ring (bicyclic) bond motifs is 2. The first-order valence-corrected chi connectivity index (χ1v) is 8.99. The Morgan fingerprint density at radius 1 is 1.27 bits per heavy atom. The molecule has 2 aliphatic carbocycles. The van der Waals surface area contributed by atoms with Crippen LogP contribution in [0.25, 0.3) is 0 Å². The number of carbonyl (C=O) groups excluding carboxylic acids is 2. The Kier molecular flexibility index (Phi) is 3.04. The summed E-state index contributed by atoms with van der Waals surface area (Å²) in [5.74, 6) is -0.696. The van der Waals surface area contributed by atoms with Crippen molar-refractivity contribution in [2.45, 2.75) is 38.7 Å². The van der Waals surface area contributed by atoms with Crippen molar-refractivity contribution in [3.05, 3.63) is 47.1 Å². The van der Waals surface area contributed by atoms with Crippen LogP contribution in [0.4, 0.5) is 0 Å². The van der Waals surface area contributed by atoms with Gasteiger partial charge in [-0.2, -0.15) is 0 Å². The molecule has 4 atom stereocenters. The van der Waals surface area contributed by atoms with Gasteiger partial charge in [0, 0.05) is 28.4 Å². The molecule has 0 bridgehead atoms. The Labute approximate surface area is 150 Å². The molecule has 4 aliphatic rings. The van der Waals surface area contributed by atoms with Gasteiger partial charge in [-0.1, -0.05) is 13.0 Å². The van der Waals surface area contributed by atoms with Crippen molar-refractivity contribution in [3.63, 3.8) is 0 Å². The van der Waals surface area contributed by atoms with E-state index >= 15 is 0 Å². The summed E-state index contributed by atoms with van der Waals surface area (Å²) in [5.41, 5.74) is 0.708. The van der Waals surface area contributed by atoms with Crippen LogP contribution in [0.3, 0.4) is 0 Å². The molecule has 2 saturated heterocycles. The van der Waals surface area contributed by atoms with Crippen LogP contribution < -0.4 is 0 Å². The van der Waals surface area contributed by atoms with Gasteiger partial charge < -0.3 is 19.0 Å². The number of rotatable bonds is 1. The third-order valence-corrected chi connectivity index (χ3v) is 6.78. The summed E-state index contributed by atoms with van der Waals surface area (Å²) in [6.07, 6.45) is 7.08. The molecule has 6 nitrogen and oxygen atoms in total. The zero-order valence-corrected chi connectivity index (χ0v) is 14.5. The van der Waals surface area contributed by atoms with Crippen molar-refractivity contribution in [1.29, 1.82) is 0 Å². The van der Waals surface area contributed by atoms with Crippen LogP contribution in [0.2, 0.25) is 0 Å². The Morgan fingerprint density at radius 2 is 2.12 bits per heavy atom. The highest BCUT2D eigenvalue weighted by Crippen LogP contribution is 2.65. The summed E-state index contributed by atoms with van der Waals surface area (Å²) >= 11 is 0. The van der Waals surface area contributed by atoms with Gasteiger partial charge in [0.2, 0.25) is 0 Å². The highest BCUT2D eigenvalue weighted by molar-refractivity contribution is 5.95. The van der Waals surface area contributed by atoms with Gasteiger partial charge in [-0.15, -0.1) is 0 Å². The summed E-state index contributed by atoms with van der Waals surface area (Å²) < 4.78 is 16.2. The number of cyclic esters (lactones) is 2. The van der Waals surface area contributed by atoms with E-state index in [1.54, 1.807) is 18.6 Å². The van der Waals surface area contributed by atoms with Gasteiger partial charge in [0.05, 0.1) is 18.1 Å². The van der Waals surface area contributed by atoms with E-state index < -0.39 is 22.9 Å². The van der Waals surface area contributed by atoms with Crippen LogP contribution in [-0.2, 0) is 19.1 Å². The molecule has 0 amide bonds. The maximum Gasteiger partial charge on any atom is 0.338 e. The van der Waals surface area contributed by atoms with Crippen molar-refractivity contribution in [2.75, 3.05) is 6.61 Å². The second kappa shape index (κ2) is 5.02. The number of furan rings is 1. The third-order valence-electron chi connectivity index (χ3n) is 6.78. The molecule has 1 spiro atoms. The van der Waals surface area contributed by atoms with E-state index in [9.17, 15) is 14.7 Å². The normalized spacial score (nSPS) is 38.7. The molecule has 5 rings (SSSR count). The second-order valence-corrected chi connectivity index (χ2v) is 8.05. The first kappa shape index (κ1) is 15.7. The minimum atomic E-state index is -0.590. The summed E-state index contributed by atoms with van der Waals surface area (Å²) in [6.45, 7) is 2.28. The average Bonchev–Trinajstić information content (AvgIpc) is 3.22. The predicted octanol–water partition coefficient (Wildman–Crippen LogP) is 3.37. The molecular formula is C20H20O6. The quantitative estimate of drug-likeness (QED) is 0.777. The summed E-state index contributed by atoms with van der Waals surface area (Å²) in [6, 6.07) is 1.79. The maximum absolute atomic E-state index is 12.8. The van der Waals surface area contributed by atoms with Crippen molar-refractivity contribution in [2.24, 2.45) is 16.7 Å². The highest BCUT2D eigenvalue weighted by Gasteiger charge is 2.64. The zero-order chi connectivity index (χ0) is 18.1. The SMILES string of the molecule is C[C@]12C[C@@H](c3ccoc3)OC(=O)C1=C(O)C[C@@]13COC(=O)C1=CCC[C@@H]32. The number of allylic oxidation sites excluding steroid dienone is 2. The first-order chi connectivity index (χ1) is 12.5. The van der Waals surface area contributed by atoms with Crippen LogP contribution in [0.5, 0.6) is 0 Å². The summed E-state index contributed by atoms with van der Waals surface area (Å²) in [5, 5.41) is 10.8. The van der Waals surface area contributed by atoms with Crippen molar-refractivity contribution >= 4 is 11.9 Å². The molecule has 136 valence electrons. The maximum atomic E-state index is 12.8. The fourth-order valence-corrected chi connectivity index (χ4v) is 5.74. The fourth-order valence-electron chi connectivity index (χ4n) is 5.74. The Balaban J connectivity index is 1.65. The molecule has 0 saturated carbocycles. The van der Waals surface area contributed by atoms with Crippen LogP contribution in [0.15, 0.2) is 46.0 Å². The van der Waals surface area contributed by atoms with Crippen LogP contribution in [0.1, 0.15) is 44.3 Å². The van der Waals surface area contributed by atoms with Gasteiger partial charge in [-0.05, 0) is 31.2 Å². The smallest absolute Gasteiger partial charge is 0.338 e. The van der Waals surface area contributed by atoms with E-state index in [1.165, 1.54) is 0 Å². The average molecular weight is 356 g/mol. The lowest BCUT2D eigenvalue weighted by Crippen LogP contribution is -2.53. The van der Waals surface area contributed by atoms with Gasteiger partial charge in [0.25, 0.3) is 0 Å². The Bertz CT molecular complexity index is 863. The van der Waals surface area contributed by atoms with E-state index in [0.29, 0.717) is 17.6 Å². The number of esters is 2. The van der Waals surface area contributed by atoms with E-state index in [1.807, 2.05) is 13.0 Å². The molecule has 1 N–H and O–H groups in total. The fraction of sp³-hybridized carbons (Fsp3) is 0.500. The number of ether oxygens (including phenoxy) is 2. The van der Waals surface area contributed by atoms with Crippen LogP contribution >= 0.6 is 0 Å². The van der Waals surface area contributed by atoms with Gasteiger partial charge in [-0.3, -0.25) is 0 Å². The summed E-state index contributed by atoms with van der Waals surface area (Å²) in [4.78, 5) is 25.0. The van der Waals surface area contributed by atoms with Crippen molar-refractivity contribution in [1.82, 2.24) is 0 Å². The molecule has 0 radical (unpaired) electrons. The van der Waals surface area contributed by atoms with E-state index in [2.05, 4.69) is 0 Å². The number of hydrogen-bond acceptors (Lipinski definition) is 6. The number of carbonyl (C=O) groups is 2. The van der Waals surface area contributed by atoms with E-state index in [-0.39, 0.29) is 30.7 Å². The van der Waals surface area contributed by atoms with E-state index in [0.717, 1.165) is 18.4 Å². The second-order valence-electron chi connectivity index (χ2n) is 8.05. The summed E-state index contributed by atoms with van der Waals surface area (Å²) in [7, 11) is 0. The third kappa shape index (κ3) is 1.82. The lowest BCUT2D eigenvalue weighted by atomic mass is 9.48. The van der Waals surface area contributed by atoms with Crippen LogP contribution in [0, 0.1) is 16.7 Å². The van der Waals surface area contributed by atoms with E-state index in [4.69, 9.17) is 13.9 Å². The van der Waals surface area contributed by atoms with Gasteiger partial charge in [0.1, 0.15) is 18.5 Å². The Hall–Kier alpha value is -2.50. The minimum Gasteiger partial charge on any atom is -0.512 e. The number of hydrogen-bond donors (Lipinski definition) is 1. The molecule has 2 fully saturated rings. The first-order valence-electron chi connectivity index (χ1n) is 8.99.